The first-order valence-electron chi connectivity index (χ1n) is 6.23. The van der Waals surface area contributed by atoms with Crippen LogP contribution in [0.25, 0.3) is 0 Å². The third kappa shape index (κ3) is 3.31. The van der Waals surface area contributed by atoms with Crippen molar-refractivity contribution in [3.8, 4) is 0 Å². The highest BCUT2D eigenvalue weighted by Gasteiger charge is 2.18. The predicted molar refractivity (Wildman–Crippen MR) is 78.2 cm³/mol. The first-order chi connectivity index (χ1) is 9.59. The van der Waals surface area contributed by atoms with Gasteiger partial charge in [0.2, 0.25) is 5.78 Å². The van der Waals surface area contributed by atoms with Gasteiger partial charge >= 0.3 is 0 Å². The third-order valence-corrected chi connectivity index (χ3v) is 3.59. The van der Waals surface area contributed by atoms with Gasteiger partial charge in [-0.3, -0.25) is 9.59 Å². The largest absolute Gasteiger partial charge is 0.392 e. The number of amides is 1. The average Bonchev–Trinajstić information content (AvgIpc) is 2.98. The molecule has 1 heterocycles. The Kier molecular flexibility index (Phi) is 4.65. The maximum Gasteiger partial charge on any atom is 0.252 e. The Bertz CT molecular complexity index is 605. The summed E-state index contributed by atoms with van der Waals surface area (Å²) in [5, 5.41) is 13.6. The van der Waals surface area contributed by atoms with E-state index < -0.39 is 6.10 Å². The molecule has 0 aliphatic rings. The summed E-state index contributed by atoms with van der Waals surface area (Å²) in [6.07, 6.45) is -0.626. The lowest BCUT2D eigenvalue weighted by atomic mass is 10.0. The number of aliphatic hydroxyl groups is 1. The number of carbonyl (C=O) groups excluding carboxylic acids is 2. The van der Waals surface area contributed by atoms with Crippen LogP contribution in [0.3, 0.4) is 0 Å². The van der Waals surface area contributed by atoms with E-state index in [0.29, 0.717) is 16.0 Å². The lowest BCUT2D eigenvalue weighted by Gasteiger charge is -2.10. The number of thiophene rings is 1. The lowest BCUT2D eigenvalue weighted by Crippen LogP contribution is -2.31. The third-order valence-electron chi connectivity index (χ3n) is 2.72. The van der Waals surface area contributed by atoms with Crippen molar-refractivity contribution in [3.63, 3.8) is 0 Å². The van der Waals surface area contributed by atoms with Crippen LogP contribution in [0.2, 0.25) is 0 Å². The van der Waals surface area contributed by atoms with Crippen LogP contribution in [0.4, 0.5) is 0 Å². The van der Waals surface area contributed by atoms with Crippen molar-refractivity contribution >= 4 is 23.0 Å². The van der Waals surface area contributed by atoms with E-state index in [-0.39, 0.29) is 18.2 Å². The van der Waals surface area contributed by atoms with Gasteiger partial charge in [0.25, 0.3) is 5.91 Å². The van der Waals surface area contributed by atoms with Crippen LogP contribution in [0, 0.1) is 0 Å². The molecule has 2 rings (SSSR count). The fourth-order valence-electron chi connectivity index (χ4n) is 1.76. The van der Waals surface area contributed by atoms with Gasteiger partial charge in [-0.1, -0.05) is 24.3 Å². The van der Waals surface area contributed by atoms with Crippen molar-refractivity contribution in [1.29, 1.82) is 0 Å². The molecule has 0 radical (unpaired) electrons. The average molecular weight is 289 g/mol. The molecule has 0 saturated carbocycles. The van der Waals surface area contributed by atoms with Crippen molar-refractivity contribution in [3.05, 3.63) is 57.8 Å². The molecule has 104 valence electrons. The van der Waals surface area contributed by atoms with Gasteiger partial charge in [0.05, 0.1) is 16.5 Å². The quantitative estimate of drug-likeness (QED) is 0.828. The van der Waals surface area contributed by atoms with E-state index in [1.54, 1.807) is 43.3 Å². The molecule has 0 aliphatic carbocycles. The topological polar surface area (TPSA) is 66.4 Å². The van der Waals surface area contributed by atoms with Gasteiger partial charge in [0.1, 0.15) is 0 Å². The molecular formula is C15H15NO3S. The van der Waals surface area contributed by atoms with Gasteiger partial charge < -0.3 is 10.4 Å². The molecule has 2 N–H and O–H groups in total. The highest BCUT2D eigenvalue weighted by molar-refractivity contribution is 7.12. The van der Waals surface area contributed by atoms with Crippen molar-refractivity contribution in [2.45, 2.75) is 13.0 Å². The second-order valence-corrected chi connectivity index (χ2v) is 5.36. The Morgan fingerprint density at radius 1 is 1.20 bits per heavy atom. The Hall–Kier alpha value is -1.98. The van der Waals surface area contributed by atoms with E-state index in [1.807, 2.05) is 5.38 Å². The molecule has 1 amide bonds. The zero-order chi connectivity index (χ0) is 14.5. The monoisotopic (exact) mass is 289 g/mol. The van der Waals surface area contributed by atoms with Crippen molar-refractivity contribution in [1.82, 2.24) is 5.32 Å². The van der Waals surface area contributed by atoms with Crippen LogP contribution in [0.1, 0.15) is 32.5 Å². The number of carbonyl (C=O) groups is 2. The van der Waals surface area contributed by atoms with Crippen LogP contribution in [0.5, 0.6) is 0 Å². The summed E-state index contributed by atoms with van der Waals surface area (Å²) >= 11 is 1.34. The van der Waals surface area contributed by atoms with Gasteiger partial charge in [0.15, 0.2) is 0 Å². The molecule has 4 nitrogen and oxygen atoms in total. The first kappa shape index (κ1) is 14.4. The maximum absolute atomic E-state index is 12.4. The number of rotatable bonds is 5. The molecule has 0 saturated heterocycles. The second-order valence-electron chi connectivity index (χ2n) is 4.41. The second kappa shape index (κ2) is 6.45. The number of hydrogen-bond donors (Lipinski definition) is 2. The summed E-state index contributed by atoms with van der Waals surface area (Å²) < 4.78 is 0. The molecule has 1 aromatic carbocycles. The molecule has 5 heteroatoms. The molecular weight excluding hydrogens is 274 g/mol. The zero-order valence-electron chi connectivity index (χ0n) is 11.0. The summed E-state index contributed by atoms with van der Waals surface area (Å²) in [5.41, 5.74) is 0.699. The van der Waals surface area contributed by atoms with Crippen LogP contribution >= 0.6 is 11.3 Å². The van der Waals surface area contributed by atoms with Gasteiger partial charge in [-0.05, 0) is 24.4 Å². The molecule has 0 bridgehead atoms. The number of aliphatic hydroxyl groups excluding tert-OH is 1. The molecule has 1 atom stereocenters. The smallest absolute Gasteiger partial charge is 0.252 e. The molecule has 1 unspecified atom stereocenters. The Balaban J connectivity index is 2.26. The van der Waals surface area contributed by atoms with Crippen molar-refractivity contribution in [2.75, 3.05) is 6.54 Å². The van der Waals surface area contributed by atoms with Gasteiger partial charge in [-0.25, -0.2) is 0 Å². The Morgan fingerprint density at radius 2 is 1.90 bits per heavy atom. The minimum Gasteiger partial charge on any atom is -0.392 e. The van der Waals surface area contributed by atoms with Gasteiger partial charge in [-0.15, -0.1) is 11.3 Å². The highest BCUT2D eigenvalue weighted by atomic mass is 32.1. The maximum atomic E-state index is 12.4. The zero-order valence-corrected chi connectivity index (χ0v) is 11.8. The summed E-state index contributed by atoms with van der Waals surface area (Å²) in [7, 11) is 0. The van der Waals surface area contributed by atoms with Gasteiger partial charge in [-0.2, -0.15) is 0 Å². The highest BCUT2D eigenvalue weighted by Crippen LogP contribution is 2.18. The van der Waals surface area contributed by atoms with Crippen LogP contribution in [-0.2, 0) is 0 Å². The molecule has 1 aromatic heterocycles. The predicted octanol–water partition coefficient (Wildman–Crippen LogP) is 2.09. The lowest BCUT2D eigenvalue weighted by molar-refractivity contribution is 0.0916. The number of nitrogens with one attached hydrogen (secondary N) is 1. The SMILES string of the molecule is CC(O)CNC(=O)c1ccccc1C(=O)c1cccs1. The molecule has 0 aliphatic heterocycles. The first-order valence-corrected chi connectivity index (χ1v) is 7.11. The standard InChI is InChI=1S/C15H15NO3S/c1-10(17)9-16-15(19)12-6-3-2-5-11(12)14(18)13-7-4-8-20-13/h2-8,10,17H,9H2,1H3,(H,16,19). The van der Waals surface area contributed by atoms with E-state index in [2.05, 4.69) is 5.32 Å². The number of hydrogen-bond acceptors (Lipinski definition) is 4. The summed E-state index contributed by atoms with van der Waals surface area (Å²) in [6.45, 7) is 1.74. The van der Waals surface area contributed by atoms with Crippen molar-refractivity contribution < 1.29 is 14.7 Å². The molecule has 20 heavy (non-hydrogen) atoms. The van der Waals surface area contributed by atoms with Crippen LogP contribution < -0.4 is 5.32 Å². The molecule has 0 spiro atoms. The van der Waals surface area contributed by atoms with Crippen molar-refractivity contribution in [2.24, 2.45) is 0 Å². The minimum absolute atomic E-state index is 0.153. The van der Waals surface area contributed by atoms with Crippen LogP contribution in [-0.4, -0.2) is 29.4 Å². The van der Waals surface area contributed by atoms with E-state index in [4.69, 9.17) is 0 Å². The summed E-state index contributed by atoms with van der Waals surface area (Å²) in [6, 6.07) is 10.2. The van der Waals surface area contributed by atoms with E-state index in [1.165, 1.54) is 11.3 Å². The van der Waals surface area contributed by atoms with Gasteiger partial charge in [0, 0.05) is 12.1 Å². The Labute approximate surface area is 121 Å². The molecule has 0 fully saturated rings. The van der Waals surface area contributed by atoms with Crippen LogP contribution in [0.15, 0.2) is 41.8 Å². The van der Waals surface area contributed by atoms with E-state index in [0.717, 1.165) is 0 Å². The summed E-state index contributed by atoms with van der Waals surface area (Å²) in [4.78, 5) is 25.0. The fourth-order valence-corrected chi connectivity index (χ4v) is 2.43. The molecule has 2 aromatic rings. The van der Waals surface area contributed by atoms with E-state index >= 15 is 0 Å². The normalized spacial score (nSPS) is 11.9. The van der Waals surface area contributed by atoms with E-state index in [9.17, 15) is 14.7 Å². The fraction of sp³-hybridized carbons (Fsp3) is 0.200. The number of ketones is 1. The Morgan fingerprint density at radius 3 is 2.50 bits per heavy atom. The summed E-state index contributed by atoms with van der Waals surface area (Å²) in [5.74, 6) is -0.519. The minimum atomic E-state index is -0.626. The number of benzene rings is 1.